The lowest BCUT2D eigenvalue weighted by molar-refractivity contribution is 0.110. The SMILES string of the molecule is NCCC1(CCc2ccc(Br)cc2)CCC1. The Bertz CT molecular complexity index is 327. The summed E-state index contributed by atoms with van der Waals surface area (Å²) in [5, 5.41) is 0. The molecule has 0 atom stereocenters. The smallest absolute Gasteiger partial charge is 0.0175 e. The molecule has 0 radical (unpaired) electrons. The van der Waals surface area contributed by atoms with Gasteiger partial charge in [-0.2, -0.15) is 0 Å². The summed E-state index contributed by atoms with van der Waals surface area (Å²) in [4.78, 5) is 0. The Morgan fingerprint density at radius 3 is 2.31 bits per heavy atom. The molecule has 0 saturated heterocycles. The molecule has 0 amide bonds. The molecule has 1 saturated carbocycles. The van der Waals surface area contributed by atoms with Crippen LogP contribution in [-0.2, 0) is 6.42 Å². The van der Waals surface area contributed by atoms with Gasteiger partial charge < -0.3 is 5.73 Å². The lowest BCUT2D eigenvalue weighted by atomic mass is 9.64. The van der Waals surface area contributed by atoms with Gasteiger partial charge in [0.1, 0.15) is 0 Å². The highest BCUT2D eigenvalue weighted by atomic mass is 79.9. The Kier molecular flexibility index (Phi) is 4.04. The standard InChI is InChI=1S/C14H20BrN/c15-13-4-2-12(3-5-13)6-9-14(10-11-16)7-1-8-14/h2-5H,1,6-11,16H2. The van der Waals surface area contributed by atoms with E-state index in [1.54, 1.807) is 0 Å². The molecule has 0 bridgehead atoms. The van der Waals surface area contributed by atoms with Crippen molar-refractivity contribution in [2.24, 2.45) is 11.1 Å². The minimum Gasteiger partial charge on any atom is -0.330 e. The molecular weight excluding hydrogens is 262 g/mol. The molecule has 16 heavy (non-hydrogen) atoms. The van der Waals surface area contributed by atoms with Gasteiger partial charge in [0.25, 0.3) is 0 Å². The summed E-state index contributed by atoms with van der Waals surface area (Å²) in [7, 11) is 0. The lowest BCUT2D eigenvalue weighted by Crippen LogP contribution is -2.32. The maximum absolute atomic E-state index is 5.71. The number of benzene rings is 1. The molecule has 2 rings (SSSR count). The summed E-state index contributed by atoms with van der Waals surface area (Å²) in [5.41, 5.74) is 7.74. The average Bonchev–Trinajstić information content (AvgIpc) is 2.24. The second-order valence-corrected chi connectivity index (χ2v) is 5.93. The van der Waals surface area contributed by atoms with Crippen molar-refractivity contribution < 1.29 is 0 Å². The first kappa shape index (κ1) is 12.1. The van der Waals surface area contributed by atoms with Gasteiger partial charge >= 0.3 is 0 Å². The van der Waals surface area contributed by atoms with Crippen LogP contribution < -0.4 is 5.73 Å². The third-order valence-electron chi connectivity index (χ3n) is 3.95. The number of hydrogen-bond donors (Lipinski definition) is 1. The van der Waals surface area contributed by atoms with E-state index in [0.29, 0.717) is 5.41 Å². The normalized spacial score (nSPS) is 18.1. The number of halogens is 1. The zero-order valence-electron chi connectivity index (χ0n) is 9.71. The van der Waals surface area contributed by atoms with E-state index in [2.05, 4.69) is 40.2 Å². The van der Waals surface area contributed by atoms with Gasteiger partial charge in [-0.15, -0.1) is 0 Å². The van der Waals surface area contributed by atoms with Crippen LogP contribution in [0.3, 0.4) is 0 Å². The van der Waals surface area contributed by atoms with Crippen LogP contribution in [0, 0.1) is 5.41 Å². The van der Waals surface area contributed by atoms with E-state index in [1.165, 1.54) is 44.1 Å². The van der Waals surface area contributed by atoms with E-state index in [0.717, 1.165) is 11.0 Å². The van der Waals surface area contributed by atoms with Gasteiger partial charge in [-0.3, -0.25) is 0 Å². The maximum atomic E-state index is 5.71. The predicted molar refractivity (Wildman–Crippen MR) is 72.4 cm³/mol. The minimum atomic E-state index is 0.585. The van der Waals surface area contributed by atoms with Crippen LogP contribution in [0.1, 0.15) is 37.7 Å². The number of hydrogen-bond acceptors (Lipinski definition) is 1. The number of rotatable bonds is 5. The van der Waals surface area contributed by atoms with E-state index in [-0.39, 0.29) is 0 Å². The van der Waals surface area contributed by atoms with Gasteiger partial charge in [0.05, 0.1) is 0 Å². The maximum Gasteiger partial charge on any atom is 0.0175 e. The molecule has 0 aromatic heterocycles. The molecular formula is C14H20BrN. The van der Waals surface area contributed by atoms with Crippen molar-refractivity contribution in [3.05, 3.63) is 34.3 Å². The Labute approximate surface area is 107 Å². The van der Waals surface area contributed by atoms with Crippen molar-refractivity contribution in [1.82, 2.24) is 0 Å². The van der Waals surface area contributed by atoms with Crippen LogP contribution in [0.5, 0.6) is 0 Å². The Morgan fingerprint density at radius 2 is 1.81 bits per heavy atom. The zero-order valence-corrected chi connectivity index (χ0v) is 11.3. The quantitative estimate of drug-likeness (QED) is 0.870. The number of aryl methyl sites for hydroxylation is 1. The van der Waals surface area contributed by atoms with Crippen LogP contribution in [0.4, 0.5) is 0 Å². The topological polar surface area (TPSA) is 26.0 Å². The first-order chi connectivity index (χ1) is 7.74. The summed E-state index contributed by atoms with van der Waals surface area (Å²) < 4.78 is 1.16. The van der Waals surface area contributed by atoms with Crippen LogP contribution in [0.25, 0.3) is 0 Å². The molecule has 1 nitrogen and oxygen atoms in total. The van der Waals surface area contributed by atoms with Crippen LogP contribution in [0.2, 0.25) is 0 Å². The van der Waals surface area contributed by atoms with Crippen molar-refractivity contribution in [3.63, 3.8) is 0 Å². The van der Waals surface area contributed by atoms with Gasteiger partial charge in [-0.25, -0.2) is 0 Å². The second-order valence-electron chi connectivity index (χ2n) is 5.02. The number of nitrogens with two attached hydrogens (primary N) is 1. The fourth-order valence-corrected chi connectivity index (χ4v) is 2.93. The largest absolute Gasteiger partial charge is 0.330 e. The molecule has 1 fully saturated rings. The van der Waals surface area contributed by atoms with E-state index < -0.39 is 0 Å². The molecule has 0 heterocycles. The fraction of sp³-hybridized carbons (Fsp3) is 0.571. The molecule has 2 heteroatoms. The van der Waals surface area contributed by atoms with Gasteiger partial charge in [-0.05, 0) is 61.8 Å². The van der Waals surface area contributed by atoms with E-state index >= 15 is 0 Å². The molecule has 1 aromatic carbocycles. The van der Waals surface area contributed by atoms with Gasteiger partial charge in [0, 0.05) is 4.47 Å². The van der Waals surface area contributed by atoms with Crippen molar-refractivity contribution in [3.8, 4) is 0 Å². The van der Waals surface area contributed by atoms with E-state index in [1.807, 2.05) is 0 Å². The highest BCUT2D eigenvalue weighted by Crippen LogP contribution is 2.47. The van der Waals surface area contributed by atoms with Gasteiger partial charge in [0.2, 0.25) is 0 Å². The Morgan fingerprint density at radius 1 is 1.12 bits per heavy atom. The predicted octanol–water partition coefficient (Wildman–Crippen LogP) is 3.90. The molecule has 0 unspecified atom stereocenters. The van der Waals surface area contributed by atoms with E-state index in [4.69, 9.17) is 5.73 Å². The third kappa shape index (κ3) is 2.86. The van der Waals surface area contributed by atoms with Crippen molar-refractivity contribution in [1.29, 1.82) is 0 Å². The first-order valence-corrected chi connectivity index (χ1v) is 6.98. The highest BCUT2D eigenvalue weighted by molar-refractivity contribution is 9.10. The second kappa shape index (κ2) is 5.33. The molecule has 2 N–H and O–H groups in total. The molecule has 88 valence electrons. The molecule has 0 spiro atoms. The average molecular weight is 282 g/mol. The third-order valence-corrected chi connectivity index (χ3v) is 4.47. The van der Waals surface area contributed by atoms with Crippen LogP contribution in [-0.4, -0.2) is 6.54 Å². The molecule has 0 aliphatic heterocycles. The summed E-state index contributed by atoms with van der Waals surface area (Å²) in [6.07, 6.45) is 7.91. The van der Waals surface area contributed by atoms with Crippen molar-refractivity contribution >= 4 is 15.9 Å². The van der Waals surface area contributed by atoms with Crippen molar-refractivity contribution in [2.75, 3.05) is 6.54 Å². The molecule has 1 aliphatic rings. The summed E-state index contributed by atoms with van der Waals surface area (Å²) >= 11 is 3.47. The summed E-state index contributed by atoms with van der Waals surface area (Å²) in [6, 6.07) is 8.70. The molecule has 1 aliphatic carbocycles. The fourth-order valence-electron chi connectivity index (χ4n) is 2.67. The Balaban J connectivity index is 1.88. The minimum absolute atomic E-state index is 0.585. The zero-order chi connectivity index (χ0) is 11.4. The lowest BCUT2D eigenvalue weighted by Gasteiger charge is -2.42. The Hall–Kier alpha value is -0.340. The summed E-state index contributed by atoms with van der Waals surface area (Å²) in [5.74, 6) is 0. The van der Waals surface area contributed by atoms with E-state index in [9.17, 15) is 0 Å². The molecule has 1 aromatic rings. The van der Waals surface area contributed by atoms with Gasteiger partial charge in [-0.1, -0.05) is 34.5 Å². The van der Waals surface area contributed by atoms with Crippen LogP contribution in [0.15, 0.2) is 28.7 Å². The highest BCUT2D eigenvalue weighted by Gasteiger charge is 2.35. The van der Waals surface area contributed by atoms with Gasteiger partial charge in [0.15, 0.2) is 0 Å². The summed E-state index contributed by atoms with van der Waals surface area (Å²) in [6.45, 7) is 0.848. The first-order valence-electron chi connectivity index (χ1n) is 6.19. The van der Waals surface area contributed by atoms with Crippen LogP contribution >= 0.6 is 15.9 Å². The van der Waals surface area contributed by atoms with Crippen molar-refractivity contribution in [2.45, 2.75) is 38.5 Å². The monoisotopic (exact) mass is 281 g/mol.